The highest BCUT2D eigenvalue weighted by Gasteiger charge is 2.27. The molecule has 2 aliphatic rings. The summed E-state index contributed by atoms with van der Waals surface area (Å²) in [6.07, 6.45) is 2.09. The van der Waals surface area contributed by atoms with Crippen LogP contribution in [0.25, 0.3) is 0 Å². The lowest BCUT2D eigenvalue weighted by atomic mass is 10.2. The number of thioether (sulfide) groups is 1. The maximum absolute atomic E-state index is 12.8. The highest BCUT2D eigenvalue weighted by atomic mass is 32.2. The predicted molar refractivity (Wildman–Crippen MR) is 121 cm³/mol. The van der Waals surface area contributed by atoms with Crippen molar-refractivity contribution in [2.75, 3.05) is 43.9 Å². The fourth-order valence-electron chi connectivity index (χ4n) is 4.07. The molecule has 1 saturated heterocycles. The molecule has 2 heterocycles. The number of rotatable bonds is 5. The minimum absolute atomic E-state index is 0.103. The van der Waals surface area contributed by atoms with E-state index >= 15 is 0 Å². The third-order valence-corrected chi connectivity index (χ3v) is 6.86. The Balaban J connectivity index is 1.26. The molecule has 0 saturated carbocycles. The number of fused-ring (bicyclic) bond motifs is 1. The maximum atomic E-state index is 12.8. The monoisotopic (exact) mass is 408 g/mol. The van der Waals surface area contributed by atoms with Gasteiger partial charge in [0.15, 0.2) is 5.96 Å². The molecule has 2 aliphatic heterocycles. The Morgan fingerprint density at radius 2 is 1.93 bits per heavy atom. The topological polar surface area (TPSA) is 47.9 Å². The van der Waals surface area contributed by atoms with Crippen molar-refractivity contribution in [2.45, 2.75) is 17.7 Å². The highest BCUT2D eigenvalue weighted by molar-refractivity contribution is 7.99. The Morgan fingerprint density at radius 1 is 1.14 bits per heavy atom. The number of likely N-dealkylation sites (tertiary alicyclic amines) is 1. The first-order valence-corrected chi connectivity index (χ1v) is 11.2. The van der Waals surface area contributed by atoms with Crippen LogP contribution in [0.15, 0.2) is 64.5 Å². The van der Waals surface area contributed by atoms with E-state index in [0.29, 0.717) is 5.92 Å². The average Bonchev–Trinajstić information content (AvgIpc) is 3.41. The third kappa shape index (κ3) is 4.75. The van der Waals surface area contributed by atoms with Crippen LogP contribution in [0.2, 0.25) is 0 Å². The smallest absolute Gasteiger partial charge is 0.246 e. The van der Waals surface area contributed by atoms with Crippen LogP contribution >= 0.6 is 11.8 Å². The van der Waals surface area contributed by atoms with E-state index in [2.05, 4.69) is 51.6 Å². The average molecular weight is 409 g/mol. The molecular weight excluding hydrogens is 380 g/mol. The number of aliphatic imine (C=N–C) groups is 1. The summed E-state index contributed by atoms with van der Waals surface area (Å²) in [6, 6.07) is 18.7. The number of nitrogens with one attached hydrogen (secondary N) is 1. The molecule has 0 aromatic heterocycles. The van der Waals surface area contributed by atoms with Crippen molar-refractivity contribution < 1.29 is 4.79 Å². The Labute approximate surface area is 177 Å². The molecule has 0 aliphatic carbocycles. The van der Waals surface area contributed by atoms with Gasteiger partial charge >= 0.3 is 0 Å². The fourth-order valence-corrected chi connectivity index (χ4v) is 5.12. The molecule has 0 radical (unpaired) electrons. The maximum Gasteiger partial charge on any atom is 0.246 e. The Hall–Kier alpha value is -2.47. The highest BCUT2D eigenvalue weighted by Crippen LogP contribution is 2.28. The summed E-state index contributed by atoms with van der Waals surface area (Å²) in [5.74, 6) is 2.69. The van der Waals surface area contributed by atoms with Crippen molar-refractivity contribution in [3.05, 3.63) is 60.2 Å². The normalized spacial score (nSPS) is 18.8. The number of hydrogen-bond acceptors (Lipinski definition) is 3. The van der Waals surface area contributed by atoms with Gasteiger partial charge in [0, 0.05) is 43.0 Å². The first-order valence-electron chi connectivity index (χ1n) is 10.3. The fraction of sp³-hybridized carbons (Fsp3) is 0.391. The number of carbonyl (C=O) groups excluding carboxylic acids is 1. The molecule has 1 unspecified atom stereocenters. The van der Waals surface area contributed by atoms with Crippen molar-refractivity contribution in [1.29, 1.82) is 0 Å². The van der Waals surface area contributed by atoms with Crippen LogP contribution in [0.3, 0.4) is 0 Å². The van der Waals surface area contributed by atoms with Gasteiger partial charge in [0.2, 0.25) is 5.91 Å². The molecule has 2 aromatic rings. The van der Waals surface area contributed by atoms with Gasteiger partial charge in [-0.05, 0) is 42.5 Å². The Morgan fingerprint density at radius 3 is 2.76 bits per heavy atom. The second-order valence-corrected chi connectivity index (χ2v) is 8.64. The van der Waals surface area contributed by atoms with Gasteiger partial charge in [-0.2, -0.15) is 0 Å². The van der Waals surface area contributed by atoms with E-state index in [0.717, 1.165) is 49.9 Å². The Bertz CT molecular complexity index is 870. The first-order chi connectivity index (χ1) is 14.2. The van der Waals surface area contributed by atoms with Crippen molar-refractivity contribution in [3.8, 4) is 0 Å². The standard InChI is InChI=1S/C23H28N4OS/c1-24-23(25-15-22(28)27-14-12-19-7-5-6-10-21(19)27)26-13-11-18(16-26)17-29-20-8-3-2-4-9-20/h2-10,18H,11-17H2,1H3,(H,24,25). The molecule has 5 nitrogen and oxygen atoms in total. The van der Waals surface area contributed by atoms with Crippen molar-refractivity contribution in [3.63, 3.8) is 0 Å². The van der Waals surface area contributed by atoms with Crippen LogP contribution in [0.4, 0.5) is 5.69 Å². The van der Waals surface area contributed by atoms with Crippen LogP contribution in [0.1, 0.15) is 12.0 Å². The molecular formula is C23H28N4OS. The summed E-state index contributed by atoms with van der Waals surface area (Å²) in [4.78, 5) is 22.7. The molecule has 29 heavy (non-hydrogen) atoms. The van der Waals surface area contributed by atoms with E-state index in [1.165, 1.54) is 10.5 Å². The largest absolute Gasteiger partial charge is 0.347 e. The number of carbonyl (C=O) groups is 1. The molecule has 0 bridgehead atoms. The van der Waals surface area contributed by atoms with Gasteiger partial charge in [-0.3, -0.25) is 9.79 Å². The summed E-state index contributed by atoms with van der Waals surface area (Å²) in [5.41, 5.74) is 2.30. The number of amides is 1. The van der Waals surface area contributed by atoms with Crippen LogP contribution in [-0.4, -0.2) is 55.7 Å². The van der Waals surface area contributed by atoms with E-state index in [1.807, 2.05) is 34.9 Å². The van der Waals surface area contributed by atoms with E-state index < -0.39 is 0 Å². The van der Waals surface area contributed by atoms with Crippen molar-refractivity contribution in [1.82, 2.24) is 10.2 Å². The van der Waals surface area contributed by atoms with Gasteiger partial charge < -0.3 is 15.1 Å². The lowest BCUT2D eigenvalue weighted by molar-refractivity contribution is -0.117. The van der Waals surface area contributed by atoms with Crippen LogP contribution in [0, 0.1) is 5.92 Å². The van der Waals surface area contributed by atoms with Gasteiger partial charge in [-0.25, -0.2) is 0 Å². The summed E-state index contributed by atoms with van der Waals surface area (Å²) >= 11 is 1.92. The van der Waals surface area contributed by atoms with Crippen LogP contribution < -0.4 is 10.2 Å². The van der Waals surface area contributed by atoms with E-state index in [-0.39, 0.29) is 12.5 Å². The first kappa shape index (κ1) is 19.8. The zero-order valence-electron chi connectivity index (χ0n) is 16.9. The molecule has 1 fully saturated rings. The van der Waals surface area contributed by atoms with E-state index in [1.54, 1.807) is 7.05 Å². The van der Waals surface area contributed by atoms with E-state index in [4.69, 9.17) is 0 Å². The number of benzene rings is 2. The second kappa shape index (κ2) is 9.35. The molecule has 1 N–H and O–H groups in total. The van der Waals surface area contributed by atoms with Crippen LogP contribution in [0.5, 0.6) is 0 Å². The zero-order chi connectivity index (χ0) is 20.1. The van der Waals surface area contributed by atoms with E-state index in [9.17, 15) is 4.79 Å². The number of para-hydroxylation sites is 1. The van der Waals surface area contributed by atoms with Crippen molar-refractivity contribution in [2.24, 2.45) is 10.9 Å². The molecule has 1 atom stereocenters. The molecule has 2 aromatic carbocycles. The lowest BCUT2D eigenvalue weighted by Crippen LogP contribution is -2.45. The summed E-state index contributed by atoms with van der Waals surface area (Å²) < 4.78 is 0. The second-order valence-electron chi connectivity index (χ2n) is 7.55. The molecule has 152 valence electrons. The predicted octanol–water partition coefficient (Wildman–Crippen LogP) is 3.27. The summed E-state index contributed by atoms with van der Waals surface area (Å²) in [7, 11) is 1.80. The zero-order valence-corrected chi connectivity index (χ0v) is 17.7. The minimum atomic E-state index is 0.103. The summed E-state index contributed by atoms with van der Waals surface area (Å²) in [5, 5.41) is 3.29. The summed E-state index contributed by atoms with van der Waals surface area (Å²) in [6.45, 7) is 3.02. The van der Waals surface area contributed by atoms with Gasteiger partial charge in [0.1, 0.15) is 0 Å². The number of guanidine groups is 1. The van der Waals surface area contributed by atoms with Crippen LogP contribution in [-0.2, 0) is 11.2 Å². The minimum Gasteiger partial charge on any atom is -0.347 e. The van der Waals surface area contributed by atoms with Gasteiger partial charge in [0.05, 0.1) is 6.54 Å². The molecule has 1 amide bonds. The lowest BCUT2D eigenvalue weighted by Gasteiger charge is -2.23. The molecule has 6 heteroatoms. The number of nitrogens with zero attached hydrogens (tertiary/aromatic N) is 3. The quantitative estimate of drug-likeness (QED) is 0.469. The Kier molecular flexibility index (Phi) is 6.39. The molecule has 4 rings (SSSR count). The van der Waals surface area contributed by atoms with Gasteiger partial charge in [0.25, 0.3) is 0 Å². The number of anilines is 1. The van der Waals surface area contributed by atoms with Gasteiger partial charge in [-0.1, -0.05) is 36.4 Å². The molecule has 0 spiro atoms. The van der Waals surface area contributed by atoms with Gasteiger partial charge in [-0.15, -0.1) is 11.8 Å². The SMILES string of the molecule is CN=C(NCC(=O)N1CCc2ccccc21)N1CCC(CSc2ccccc2)C1. The third-order valence-electron chi connectivity index (χ3n) is 5.61. The van der Waals surface area contributed by atoms with Crippen molar-refractivity contribution >= 4 is 29.3 Å². The number of hydrogen-bond donors (Lipinski definition) is 1.